The van der Waals surface area contributed by atoms with Crippen molar-refractivity contribution in [2.24, 2.45) is 0 Å². The van der Waals surface area contributed by atoms with E-state index >= 15 is 0 Å². The van der Waals surface area contributed by atoms with E-state index in [9.17, 15) is 0 Å². The van der Waals surface area contributed by atoms with Crippen molar-refractivity contribution >= 4 is 8.07 Å². The molecule has 0 atom stereocenters. The molecule has 0 aliphatic heterocycles. The Bertz CT molecular complexity index is 504. The molecule has 3 heteroatoms. The molecule has 0 unspecified atom stereocenters. The molecular weight excluding hydrogens is 252 g/mol. The number of hydrogen-bond acceptors (Lipinski definition) is 2. The third kappa shape index (κ3) is 7.36. The Morgan fingerprint density at radius 3 is 2.21 bits per heavy atom. The zero-order valence-corrected chi connectivity index (χ0v) is 13.0. The fraction of sp³-hybridized carbons (Fsp3) is 0.375. The smallest absolute Gasteiger partial charge is 0.129 e. The van der Waals surface area contributed by atoms with Crippen LogP contribution in [0.15, 0.2) is 24.3 Å². The standard InChI is InChI=1S/C16H20O2Si/c1-17-16-10-8-15(9-11-16)7-5-12-18-13-6-14-19(2,3)4/h8-11H,12-13H2,1-4H3. The molecule has 0 radical (unpaired) electrons. The fourth-order valence-electron chi connectivity index (χ4n) is 1.27. The Labute approximate surface area is 117 Å². The summed E-state index contributed by atoms with van der Waals surface area (Å²) in [6, 6.07) is 7.64. The molecule has 0 aliphatic rings. The molecule has 1 aromatic carbocycles. The van der Waals surface area contributed by atoms with Gasteiger partial charge in [0.25, 0.3) is 0 Å². The van der Waals surface area contributed by atoms with E-state index in [1.165, 1.54) is 0 Å². The van der Waals surface area contributed by atoms with Crippen molar-refractivity contribution in [2.75, 3.05) is 20.3 Å². The summed E-state index contributed by atoms with van der Waals surface area (Å²) in [4.78, 5) is 0. The van der Waals surface area contributed by atoms with E-state index < -0.39 is 8.07 Å². The van der Waals surface area contributed by atoms with Crippen LogP contribution < -0.4 is 4.74 Å². The molecule has 0 bridgehead atoms. The highest BCUT2D eigenvalue weighted by Crippen LogP contribution is 2.09. The summed E-state index contributed by atoms with van der Waals surface area (Å²) in [5.74, 6) is 9.88. The normalized spacial score (nSPS) is 9.89. The molecule has 0 spiro atoms. The number of methoxy groups -OCH3 is 1. The van der Waals surface area contributed by atoms with Gasteiger partial charge < -0.3 is 9.47 Å². The average molecular weight is 272 g/mol. The number of ether oxygens (including phenoxy) is 2. The summed E-state index contributed by atoms with van der Waals surface area (Å²) < 4.78 is 10.4. The molecule has 0 amide bonds. The lowest BCUT2D eigenvalue weighted by Crippen LogP contribution is -2.16. The second kappa shape index (κ2) is 7.69. The molecule has 2 nitrogen and oxygen atoms in total. The second-order valence-electron chi connectivity index (χ2n) is 5.07. The van der Waals surface area contributed by atoms with Gasteiger partial charge in [0.05, 0.1) is 7.11 Å². The lowest BCUT2D eigenvalue weighted by Gasteiger charge is -2.02. The van der Waals surface area contributed by atoms with E-state index in [4.69, 9.17) is 9.47 Å². The molecule has 0 aromatic heterocycles. The molecule has 1 aromatic rings. The van der Waals surface area contributed by atoms with Gasteiger partial charge in [0, 0.05) is 5.56 Å². The van der Waals surface area contributed by atoms with Gasteiger partial charge in [-0.1, -0.05) is 37.4 Å². The lowest BCUT2D eigenvalue weighted by molar-refractivity contribution is 0.204. The molecule has 0 aliphatic carbocycles. The molecule has 1 rings (SSSR count). The van der Waals surface area contributed by atoms with Gasteiger partial charge in [-0.05, 0) is 24.3 Å². The predicted octanol–water partition coefficient (Wildman–Crippen LogP) is 2.94. The van der Waals surface area contributed by atoms with Crippen LogP contribution in [0.3, 0.4) is 0 Å². The van der Waals surface area contributed by atoms with Gasteiger partial charge in [0.15, 0.2) is 0 Å². The molecule has 100 valence electrons. The minimum atomic E-state index is -1.28. The van der Waals surface area contributed by atoms with Crippen LogP contribution in [0.25, 0.3) is 0 Å². The number of hydrogen-bond donors (Lipinski definition) is 0. The monoisotopic (exact) mass is 272 g/mol. The van der Waals surface area contributed by atoms with E-state index in [1.807, 2.05) is 24.3 Å². The number of rotatable bonds is 3. The average Bonchev–Trinajstić information content (AvgIpc) is 2.37. The van der Waals surface area contributed by atoms with Gasteiger partial charge in [0.1, 0.15) is 27.0 Å². The summed E-state index contributed by atoms with van der Waals surface area (Å²) in [5.41, 5.74) is 4.20. The molecular formula is C16H20O2Si. The molecule has 0 saturated heterocycles. The molecule has 0 saturated carbocycles. The van der Waals surface area contributed by atoms with Crippen LogP contribution in [0, 0.1) is 23.3 Å². The van der Waals surface area contributed by atoms with E-state index in [0.717, 1.165) is 11.3 Å². The van der Waals surface area contributed by atoms with Crippen molar-refractivity contribution in [1.29, 1.82) is 0 Å². The van der Waals surface area contributed by atoms with Crippen molar-refractivity contribution in [3.05, 3.63) is 29.8 Å². The maximum atomic E-state index is 5.35. The maximum Gasteiger partial charge on any atom is 0.129 e. The minimum absolute atomic E-state index is 0.409. The molecule has 19 heavy (non-hydrogen) atoms. The summed E-state index contributed by atoms with van der Waals surface area (Å²) in [6.07, 6.45) is 0. The highest BCUT2D eigenvalue weighted by Gasteiger charge is 2.06. The van der Waals surface area contributed by atoms with Gasteiger partial charge >= 0.3 is 0 Å². The summed E-state index contributed by atoms with van der Waals surface area (Å²) in [6.45, 7) is 7.50. The summed E-state index contributed by atoms with van der Waals surface area (Å²) >= 11 is 0. The van der Waals surface area contributed by atoms with Crippen molar-refractivity contribution in [3.63, 3.8) is 0 Å². The Balaban J connectivity index is 2.33. The molecule has 0 heterocycles. The van der Waals surface area contributed by atoms with Gasteiger partial charge in [-0.25, -0.2) is 0 Å². The van der Waals surface area contributed by atoms with Crippen LogP contribution in [-0.4, -0.2) is 28.4 Å². The van der Waals surface area contributed by atoms with Crippen molar-refractivity contribution in [2.45, 2.75) is 19.6 Å². The minimum Gasteiger partial charge on any atom is -0.497 e. The largest absolute Gasteiger partial charge is 0.497 e. The van der Waals surface area contributed by atoms with Crippen LogP contribution in [0.5, 0.6) is 5.75 Å². The van der Waals surface area contributed by atoms with Crippen molar-refractivity contribution in [3.8, 4) is 29.1 Å². The maximum absolute atomic E-state index is 5.35. The highest BCUT2D eigenvalue weighted by atomic mass is 28.3. The van der Waals surface area contributed by atoms with Crippen LogP contribution in [0.1, 0.15) is 5.56 Å². The Kier molecular flexibility index (Phi) is 6.22. The Morgan fingerprint density at radius 1 is 1.00 bits per heavy atom. The molecule has 0 N–H and O–H groups in total. The first-order valence-corrected chi connectivity index (χ1v) is 9.72. The second-order valence-corrected chi connectivity index (χ2v) is 9.82. The first-order chi connectivity index (χ1) is 9.01. The zero-order chi connectivity index (χ0) is 14.1. The third-order valence-electron chi connectivity index (χ3n) is 2.13. The predicted molar refractivity (Wildman–Crippen MR) is 81.8 cm³/mol. The van der Waals surface area contributed by atoms with Gasteiger partial charge in [-0.15, -0.1) is 5.54 Å². The van der Waals surface area contributed by atoms with E-state index in [0.29, 0.717) is 13.2 Å². The van der Waals surface area contributed by atoms with E-state index in [2.05, 4.69) is 42.9 Å². The topological polar surface area (TPSA) is 18.5 Å². The van der Waals surface area contributed by atoms with Crippen LogP contribution in [-0.2, 0) is 4.74 Å². The SMILES string of the molecule is COc1ccc(C#CCOCC#C[Si](C)(C)C)cc1. The van der Waals surface area contributed by atoms with Gasteiger partial charge in [-0.3, -0.25) is 0 Å². The van der Waals surface area contributed by atoms with E-state index in [1.54, 1.807) is 7.11 Å². The molecule has 0 fully saturated rings. The van der Waals surface area contributed by atoms with Crippen molar-refractivity contribution < 1.29 is 9.47 Å². The Morgan fingerprint density at radius 2 is 1.63 bits per heavy atom. The van der Waals surface area contributed by atoms with Crippen LogP contribution >= 0.6 is 0 Å². The summed E-state index contributed by atoms with van der Waals surface area (Å²) in [5, 5.41) is 0. The van der Waals surface area contributed by atoms with Gasteiger partial charge in [0.2, 0.25) is 0 Å². The third-order valence-corrected chi connectivity index (χ3v) is 3.06. The summed E-state index contributed by atoms with van der Waals surface area (Å²) in [7, 11) is 0.372. The first kappa shape index (κ1) is 15.4. The fourth-order valence-corrected chi connectivity index (χ4v) is 1.87. The Hall–Kier alpha value is -1.68. The zero-order valence-electron chi connectivity index (χ0n) is 12.0. The van der Waals surface area contributed by atoms with Crippen molar-refractivity contribution in [1.82, 2.24) is 0 Å². The van der Waals surface area contributed by atoms with Crippen LogP contribution in [0.2, 0.25) is 19.6 Å². The highest BCUT2D eigenvalue weighted by molar-refractivity contribution is 6.83. The van der Waals surface area contributed by atoms with Gasteiger partial charge in [-0.2, -0.15) is 0 Å². The number of benzene rings is 1. The lowest BCUT2D eigenvalue weighted by atomic mass is 10.2. The van der Waals surface area contributed by atoms with Crippen LogP contribution in [0.4, 0.5) is 0 Å². The van der Waals surface area contributed by atoms with E-state index in [-0.39, 0.29) is 0 Å². The quantitative estimate of drug-likeness (QED) is 0.478. The first-order valence-electron chi connectivity index (χ1n) is 6.22.